The maximum Gasteiger partial charge on any atom is 0.268 e. The second-order valence-electron chi connectivity index (χ2n) is 8.61. The molecule has 2 N–H and O–H groups in total. The molecule has 0 saturated carbocycles. The number of benzene rings is 2. The normalized spacial score (nSPS) is 13.1. The predicted octanol–water partition coefficient (Wildman–Crippen LogP) is 4.64. The van der Waals surface area contributed by atoms with Crippen LogP contribution in [0.15, 0.2) is 71.7 Å². The lowest BCUT2D eigenvalue weighted by Gasteiger charge is -2.15. The average molecular weight is 462 g/mol. The van der Waals surface area contributed by atoms with Crippen molar-refractivity contribution in [2.24, 2.45) is 0 Å². The zero-order chi connectivity index (χ0) is 24.2. The van der Waals surface area contributed by atoms with Gasteiger partial charge >= 0.3 is 0 Å². The Balaban J connectivity index is 1.51. The van der Waals surface area contributed by atoms with Crippen LogP contribution in [0.1, 0.15) is 35.6 Å². The molecule has 35 heavy (non-hydrogen) atoms. The van der Waals surface area contributed by atoms with Crippen molar-refractivity contribution >= 4 is 28.2 Å². The summed E-state index contributed by atoms with van der Waals surface area (Å²) in [7, 11) is 0. The number of hydrogen-bond acceptors (Lipinski definition) is 5. The van der Waals surface area contributed by atoms with E-state index in [9.17, 15) is 4.79 Å². The van der Waals surface area contributed by atoms with E-state index in [0.29, 0.717) is 23.7 Å². The van der Waals surface area contributed by atoms with Gasteiger partial charge in [-0.2, -0.15) is 4.98 Å². The zero-order valence-electron chi connectivity index (χ0n) is 19.9. The first-order chi connectivity index (χ1) is 17.1. The van der Waals surface area contributed by atoms with Crippen molar-refractivity contribution in [2.45, 2.75) is 26.8 Å². The van der Waals surface area contributed by atoms with Gasteiger partial charge in [-0.3, -0.25) is 9.36 Å². The Morgan fingerprint density at radius 1 is 1.14 bits per heavy atom. The second kappa shape index (κ2) is 9.96. The molecule has 174 valence electrons. The summed E-state index contributed by atoms with van der Waals surface area (Å²) >= 11 is 0. The van der Waals surface area contributed by atoms with E-state index in [2.05, 4.69) is 45.7 Å². The van der Waals surface area contributed by atoms with Gasteiger partial charge in [-0.15, -0.1) is 5.92 Å². The number of rotatable bonds is 5. The monoisotopic (exact) mass is 461 g/mol. The van der Waals surface area contributed by atoms with Gasteiger partial charge in [0.25, 0.3) is 5.56 Å². The fraction of sp³-hybridized carbons (Fsp3) is 0.207. The van der Waals surface area contributed by atoms with Crippen LogP contribution in [-0.4, -0.2) is 27.6 Å². The van der Waals surface area contributed by atoms with E-state index in [1.807, 2.05) is 43.3 Å². The van der Waals surface area contributed by atoms with E-state index >= 15 is 0 Å². The van der Waals surface area contributed by atoms with Crippen molar-refractivity contribution in [1.29, 1.82) is 0 Å². The molecule has 6 nitrogen and oxygen atoms in total. The molecule has 0 saturated heterocycles. The first-order valence-corrected chi connectivity index (χ1v) is 11.8. The Morgan fingerprint density at radius 2 is 1.97 bits per heavy atom. The molecule has 0 fully saturated rings. The molecule has 2 aromatic carbocycles. The van der Waals surface area contributed by atoms with Crippen LogP contribution in [-0.2, 0) is 6.54 Å². The minimum absolute atomic E-state index is 0.153. The molecule has 1 aliphatic heterocycles. The average Bonchev–Trinajstić information content (AvgIpc) is 2.89. The SMILES string of the molecule is CC#Cc1cc2cnc(Nc3ccc(C4=CCNCC4)cc3)nc2n(Cc2ccccc2C)c1=O. The summed E-state index contributed by atoms with van der Waals surface area (Å²) in [5, 5.41) is 7.41. The van der Waals surface area contributed by atoms with Gasteiger partial charge in [0.05, 0.1) is 12.1 Å². The van der Waals surface area contributed by atoms with E-state index in [1.165, 1.54) is 11.1 Å². The number of hydrogen-bond donors (Lipinski definition) is 2. The van der Waals surface area contributed by atoms with E-state index < -0.39 is 0 Å². The minimum atomic E-state index is -0.153. The van der Waals surface area contributed by atoms with Crippen molar-refractivity contribution in [3.8, 4) is 11.8 Å². The zero-order valence-corrected chi connectivity index (χ0v) is 19.9. The quantitative estimate of drug-likeness (QED) is 0.424. The van der Waals surface area contributed by atoms with Crippen LogP contribution in [0.5, 0.6) is 0 Å². The maximum atomic E-state index is 13.3. The van der Waals surface area contributed by atoms with Crippen molar-refractivity contribution in [2.75, 3.05) is 18.4 Å². The summed E-state index contributed by atoms with van der Waals surface area (Å²) < 4.78 is 1.69. The number of anilines is 2. The Bertz CT molecular complexity index is 1540. The highest BCUT2D eigenvalue weighted by atomic mass is 16.1. The third-order valence-corrected chi connectivity index (χ3v) is 6.25. The van der Waals surface area contributed by atoms with Gasteiger partial charge in [-0.1, -0.05) is 48.4 Å². The molecule has 0 atom stereocenters. The highest BCUT2D eigenvalue weighted by molar-refractivity contribution is 5.78. The van der Waals surface area contributed by atoms with Gasteiger partial charge in [0, 0.05) is 23.8 Å². The molecular formula is C29H27N5O. The van der Waals surface area contributed by atoms with Crippen LogP contribution in [0.4, 0.5) is 11.6 Å². The number of aryl methyl sites for hydroxylation is 1. The predicted molar refractivity (Wildman–Crippen MR) is 142 cm³/mol. The largest absolute Gasteiger partial charge is 0.324 e. The highest BCUT2D eigenvalue weighted by Gasteiger charge is 2.13. The van der Waals surface area contributed by atoms with E-state index in [-0.39, 0.29) is 5.56 Å². The molecule has 0 radical (unpaired) electrons. The third-order valence-electron chi connectivity index (χ3n) is 6.25. The van der Waals surface area contributed by atoms with Gasteiger partial charge in [-0.05, 0) is 67.3 Å². The third kappa shape index (κ3) is 4.86. The van der Waals surface area contributed by atoms with Crippen LogP contribution in [0.2, 0.25) is 0 Å². The van der Waals surface area contributed by atoms with Crippen molar-refractivity contribution in [1.82, 2.24) is 19.9 Å². The van der Waals surface area contributed by atoms with E-state index in [1.54, 1.807) is 23.8 Å². The second-order valence-corrected chi connectivity index (χ2v) is 8.61. The van der Waals surface area contributed by atoms with Crippen molar-refractivity contribution < 1.29 is 0 Å². The van der Waals surface area contributed by atoms with Crippen LogP contribution in [0.3, 0.4) is 0 Å². The number of nitrogens with one attached hydrogen (secondary N) is 2. The van der Waals surface area contributed by atoms with Gasteiger partial charge in [-0.25, -0.2) is 4.98 Å². The number of fused-ring (bicyclic) bond motifs is 1. The molecule has 1 aliphatic rings. The molecule has 0 bridgehead atoms. The lowest BCUT2D eigenvalue weighted by Crippen LogP contribution is -2.25. The summed E-state index contributed by atoms with van der Waals surface area (Å²) in [6.07, 6.45) is 5.01. The van der Waals surface area contributed by atoms with Crippen LogP contribution < -0.4 is 16.2 Å². The molecule has 0 amide bonds. The lowest BCUT2D eigenvalue weighted by molar-refractivity contribution is 0.738. The van der Waals surface area contributed by atoms with Crippen molar-refractivity contribution in [3.05, 3.63) is 99.5 Å². The van der Waals surface area contributed by atoms with Gasteiger partial charge < -0.3 is 10.6 Å². The summed E-state index contributed by atoms with van der Waals surface area (Å²) in [5.74, 6) is 6.22. The first-order valence-electron chi connectivity index (χ1n) is 11.8. The van der Waals surface area contributed by atoms with Gasteiger partial charge in [0.2, 0.25) is 5.95 Å². The standard InChI is InChI=1S/C29H27N5O/c1-3-6-23-17-25-18-31-29(32-26-11-9-21(10-12-26)22-13-15-30-16-14-22)33-27(25)34(28(23)35)19-24-8-5-4-7-20(24)2/h4-5,7-13,17-18,30H,14-16,19H2,1-2H3,(H,31,32,33). The molecule has 6 heteroatoms. The van der Waals surface area contributed by atoms with E-state index in [4.69, 9.17) is 4.98 Å². The molecule has 2 aromatic heterocycles. The molecule has 0 aliphatic carbocycles. The molecule has 5 rings (SSSR count). The number of aromatic nitrogens is 3. The summed E-state index contributed by atoms with van der Waals surface area (Å²) in [6, 6.07) is 18.1. The summed E-state index contributed by atoms with van der Waals surface area (Å²) in [5.41, 5.74) is 6.54. The molecule has 0 unspecified atom stereocenters. The smallest absolute Gasteiger partial charge is 0.268 e. The molecule has 4 aromatic rings. The fourth-order valence-electron chi connectivity index (χ4n) is 4.33. The molecular weight excluding hydrogens is 434 g/mol. The molecule has 3 heterocycles. The Kier molecular flexibility index (Phi) is 6.42. The summed E-state index contributed by atoms with van der Waals surface area (Å²) in [4.78, 5) is 22.6. The van der Waals surface area contributed by atoms with Gasteiger partial charge in [0.1, 0.15) is 5.65 Å². The maximum absolute atomic E-state index is 13.3. The number of nitrogens with zero attached hydrogens (tertiary/aromatic N) is 3. The minimum Gasteiger partial charge on any atom is -0.324 e. The van der Waals surface area contributed by atoms with E-state index in [0.717, 1.165) is 41.7 Å². The highest BCUT2D eigenvalue weighted by Crippen LogP contribution is 2.23. The van der Waals surface area contributed by atoms with Gasteiger partial charge in [0.15, 0.2) is 0 Å². The van der Waals surface area contributed by atoms with Crippen LogP contribution >= 0.6 is 0 Å². The van der Waals surface area contributed by atoms with Crippen LogP contribution in [0.25, 0.3) is 16.6 Å². The lowest BCUT2D eigenvalue weighted by atomic mass is 10.0. The topological polar surface area (TPSA) is 71.8 Å². The summed E-state index contributed by atoms with van der Waals surface area (Å²) in [6.45, 7) is 6.11. The van der Waals surface area contributed by atoms with Crippen LogP contribution in [0, 0.1) is 18.8 Å². The Hall–Kier alpha value is -4.21. The Morgan fingerprint density at radius 3 is 2.71 bits per heavy atom. The fourth-order valence-corrected chi connectivity index (χ4v) is 4.33. The molecule has 0 spiro atoms. The number of pyridine rings is 1. The van der Waals surface area contributed by atoms with Crippen molar-refractivity contribution in [3.63, 3.8) is 0 Å². The Labute approximate surface area is 204 Å². The first kappa shape index (κ1) is 22.6.